The maximum absolute atomic E-state index is 12.9. The molecule has 1 atom stereocenters. The van der Waals surface area contributed by atoms with Crippen LogP contribution in [0.2, 0.25) is 0 Å². The van der Waals surface area contributed by atoms with E-state index < -0.39 is 0 Å². The van der Waals surface area contributed by atoms with Gasteiger partial charge in [-0.15, -0.1) is 0 Å². The zero-order valence-corrected chi connectivity index (χ0v) is 13.3. The Morgan fingerprint density at radius 3 is 2.68 bits per heavy atom. The zero-order chi connectivity index (χ0) is 15.4. The minimum absolute atomic E-state index is 0.0515. The van der Waals surface area contributed by atoms with Gasteiger partial charge < -0.3 is 4.90 Å². The second-order valence-corrected chi connectivity index (χ2v) is 6.21. The molecule has 2 aliphatic rings. The lowest BCUT2D eigenvalue weighted by molar-refractivity contribution is -0.120. The minimum atomic E-state index is -0.193. The van der Waals surface area contributed by atoms with E-state index in [-0.39, 0.29) is 11.9 Å². The Balaban J connectivity index is 1.74. The molecule has 5 nitrogen and oxygen atoms in total. The number of aromatic nitrogens is 2. The quantitative estimate of drug-likeness (QED) is 0.753. The van der Waals surface area contributed by atoms with E-state index in [1.165, 1.54) is 11.1 Å². The van der Waals surface area contributed by atoms with Crippen LogP contribution in [0.4, 0.5) is 5.69 Å². The van der Waals surface area contributed by atoms with Crippen molar-refractivity contribution < 1.29 is 4.79 Å². The minimum Gasteiger partial charge on any atom is -0.332 e. The van der Waals surface area contributed by atoms with Gasteiger partial charge in [-0.05, 0) is 30.3 Å². The van der Waals surface area contributed by atoms with E-state index in [0.717, 1.165) is 11.4 Å². The van der Waals surface area contributed by atoms with E-state index in [0.29, 0.717) is 18.1 Å². The standard InChI is InChI=1S/C16H16N4OS/c1-10-14(9-18(2)17-10)20-15(21)13-7-11-5-3-4-6-12(11)8-19(13)16(20)22/h3-6,9,13H,7-8H2,1-2H3. The highest BCUT2D eigenvalue weighted by molar-refractivity contribution is 7.80. The molecule has 2 aromatic rings. The molecule has 0 aliphatic carbocycles. The van der Waals surface area contributed by atoms with Gasteiger partial charge in [-0.1, -0.05) is 24.3 Å². The van der Waals surface area contributed by atoms with Gasteiger partial charge in [0, 0.05) is 26.2 Å². The zero-order valence-electron chi connectivity index (χ0n) is 12.5. The number of carbonyl (C=O) groups excluding carboxylic acids is 1. The number of aryl methyl sites for hydroxylation is 2. The van der Waals surface area contributed by atoms with E-state index in [1.54, 1.807) is 9.58 Å². The topological polar surface area (TPSA) is 41.4 Å². The van der Waals surface area contributed by atoms with Crippen LogP contribution in [0.1, 0.15) is 16.8 Å². The highest BCUT2D eigenvalue weighted by Gasteiger charge is 2.46. The highest BCUT2D eigenvalue weighted by Crippen LogP contribution is 2.33. The van der Waals surface area contributed by atoms with Crippen molar-refractivity contribution in [2.24, 2.45) is 7.05 Å². The number of carbonyl (C=O) groups is 1. The van der Waals surface area contributed by atoms with Crippen molar-refractivity contribution in [2.75, 3.05) is 4.90 Å². The second-order valence-electron chi connectivity index (χ2n) is 5.85. The van der Waals surface area contributed by atoms with Crippen LogP contribution in [0.5, 0.6) is 0 Å². The van der Waals surface area contributed by atoms with E-state index in [4.69, 9.17) is 12.2 Å². The van der Waals surface area contributed by atoms with Crippen LogP contribution >= 0.6 is 12.2 Å². The first-order valence-corrected chi connectivity index (χ1v) is 7.68. The summed E-state index contributed by atoms with van der Waals surface area (Å²) in [5.74, 6) is 0.0515. The fourth-order valence-corrected chi connectivity index (χ4v) is 3.72. The van der Waals surface area contributed by atoms with Gasteiger partial charge in [-0.3, -0.25) is 14.4 Å². The number of anilines is 1. The first-order chi connectivity index (χ1) is 10.6. The average Bonchev–Trinajstić information content (AvgIpc) is 2.95. The molecule has 0 bridgehead atoms. The molecule has 1 aromatic carbocycles. The van der Waals surface area contributed by atoms with Crippen LogP contribution in [0.3, 0.4) is 0 Å². The molecule has 22 heavy (non-hydrogen) atoms. The molecular formula is C16H16N4OS. The molecule has 1 fully saturated rings. The summed E-state index contributed by atoms with van der Waals surface area (Å²) < 4.78 is 1.71. The molecule has 112 valence electrons. The van der Waals surface area contributed by atoms with Gasteiger partial charge in [-0.25, -0.2) is 0 Å². The lowest BCUT2D eigenvalue weighted by Crippen LogP contribution is -2.39. The molecule has 1 aromatic heterocycles. The summed E-state index contributed by atoms with van der Waals surface area (Å²) in [6.45, 7) is 2.60. The van der Waals surface area contributed by atoms with Crippen LogP contribution < -0.4 is 4.90 Å². The number of fused-ring (bicyclic) bond motifs is 2. The molecule has 0 saturated carbocycles. The van der Waals surface area contributed by atoms with E-state index in [2.05, 4.69) is 17.2 Å². The Morgan fingerprint density at radius 2 is 2.00 bits per heavy atom. The number of benzene rings is 1. The van der Waals surface area contributed by atoms with Crippen LogP contribution in [-0.2, 0) is 24.8 Å². The highest BCUT2D eigenvalue weighted by atomic mass is 32.1. The van der Waals surface area contributed by atoms with Crippen molar-refractivity contribution >= 4 is 28.9 Å². The lowest BCUT2D eigenvalue weighted by Gasteiger charge is -2.30. The molecule has 3 heterocycles. The predicted octanol–water partition coefficient (Wildman–Crippen LogP) is 1.79. The molecule has 0 radical (unpaired) electrons. The maximum atomic E-state index is 12.9. The Labute approximate surface area is 134 Å². The Bertz CT molecular complexity index is 754. The third-order valence-electron chi connectivity index (χ3n) is 4.42. The van der Waals surface area contributed by atoms with Crippen molar-refractivity contribution in [2.45, 2.75) is 25.9 Å². The van der Waals surface area contributed by atoms with Crippen LogP contribution in [0.15, 0.2) is 30.5 Å². The molecule has 1 saturated heterocycles. The Morgan fingerprint density at radius 1 is 1.27 bits per heavy atom. The SMILES string of the molecule is Cc1nn(C)cc1N1C(=O)C2Cc3ccccc3CN2C1=S. The summed E-state index contributed by atoms with van der Waals surface area (Å²) >= 11 is 5.59. The van der Waals surface area contributed by atoms with Crippen LogP contribution in [0, 0.1) is 6.92 Å². The monoisotopic (exact) mass is 312 g/mol. The van der Waals surface area contributed by atoms with E-state index in [9.17, 15) is 4.79 Å². The number of hydrogen-bond donors (Lipinski definition) is 0. The summed E-state index contributed by atoms with van der Waals surface area (Å²) in [6.07, 6.45) is 2.57. The smallest absolute Gasteiger partial charge is 0.256 e. The number of rotatable bonds is 1. The van der Waals surface area contributed by atoms with Gasteiger partial charge in [0.1, 0.15) is 6.04 Å². The Kier molecular flexibility index (Phi) is 2.84. The lowest BCUT2D eigenvalue weighted by atomic mass is 9.95. The molecule has 0 spiro atoms. The van der Waals surface area contributed by atoms with Crippen LogP contribution in [-0.4, -0.2) is 31.7 Å². The van der Waals surface area contributed by atoms with Crippen molar-refractivity contribution in [3.8, 4) is 0 Å². The van der Waals surface area contributed by atoms with Gasteiger partial charge in [-0.2, -0.15) is 5.10 Å². The first kappa shape index (κ1) is 13.5. The molecule has 1 unspecified atom stereocenters. The fourth-order valence-electron chi connectivity index (χ4n) is 3.34. The van der Waals surface area contributed by atoms with Crippen molar-refractivity contribution in [3.05, 3.63) is 47.3 Å². The molecular weight excluding hydrogens is 296 g/mol. The molecule has 2 aliphatic heterocycles. The molecule has 4 rings (SSSR count). The Hall–Kier alpha value is -2.21. The average molecular weight is 312 g/mol. The summed E-state index contributed by atoms with van der Waals surface area (Å²) in [4.78, 5) is 16.6. The van der Waals surface area contributed by atoms with E-state index >= 15 is 0 Å². The predicted molar refractivity (Wildman–Crippen MR) is 87.5 cm³/mol. The summed E-state index contributed by atoms with van der Waals surface area (Å²) in [7, 11) is 1.85. The van der Waals surface area contributed by atoms with Crippen LogP contribution in [0.25, 0.3) is 0 Å². The van der Waals surface area contributed by atoms with Gasteiger partial charge >= 0.3 is 0 Å². The number of amides is 1. The van der Waals surface area contributed by atoms with Gasteiger partial charge in [0.05, 0.1) is 11.4 Å². The van der Waals surface area contributed by atoms with Crippen molar-refractivity contribution in [1.82, 2.24) is 14.7 Å². The third-order valence-corrected chi connectivity index (χ3v) is 4.84. The number of thiocarbonyl (C=S) groups is 1. The molecule has 1 amide bonds. The summed E-state index contributed by atoms with van der Waals surface area (Å²) in [6, 6.07) is 8.07. The third kappa shape index (κ3) is 1.80. The largest absolute Gasteiger partial charge is 0.332 e. The van der Waals surface area contributed by atoms with Gasteiger partial charge in [0.15, 0.2) is 5.11 Å². The normalized spacial score (nSPS) is 20.4. The van der Waals surface area contributed by atoms with Gasteiger partial charge in [0.25, 0.3) is 5.91 Å². The first-order valence-electron chi connectivity index (χ1n) is 7.28. The summed E-state index contributed by atoms with van der Waals surface area (Å²) in [5.41, 5.74) is 4.09. The number of hydrogen-bond acceptors (Lipinski definition) is 3. The van der Waals surface area contributed by atoms with Gasteiger partial charge in [0.2, 0.25) is 0 Å². The molecule has 6 heteroatoms. The molecule has 0 N–H and O–H groups in total. The second kappa shape index (κ2) is 4.64. The summed E-state index contributed by atoms with van der Waals surface area (Å²) in [5, 5.41) is 4.91. The number of nitrogens with zero attached hydrogens (tertiary/aromatic N) is 4. The fraction of sp³-hybridized carbons (Fsp3) is 0.312. The van der Waals surface area contributed by atoms with E-state index in [1.807, 2.05) is 37.2 Å². The van der Waals surface area contributed by atoms with Crippen molar-refractivity contribution in [3.63, 3.8) is 0 Å². The maximum Gasteiger partial charge on any atom is 0.256 e. The van der Waals surface area contributed by atoms with Crippen molar-refractivity contribution in [1.29, 1.82) is 0 Å².